The van der Waals surface area contributed by atoms with Gasteiger partial charge in [-0.1, -0.05) is 6.07 Å². The smallest absolute Gasteiger partial charge is 0.335 e. The Morgan fingerprint density at radius 2 is 2.16 bits per heavy atom. The van der Waals surface area contributed by atoms with Crippen LogP contribution in [0.2, 0.25) is 0 Å². The molecule has 0 amide bonds. The molecule has 106 valence electrons. The van der Waals surface area contributed by atoms with Crippen LogP contribution < -0.4 is 10.1 Å². The Bertz CT molecular complexity index is 394. The predicted molar refractivity (Wildman–Crippen MR) is 74.9 cm³/mol. The van der Waals surface area contributed by atoms with Crippen LogP contribution in [0.5, 0.6) is 5.75 Å². The summed E-state index contributed by atoms with van der Waals surface area (Å²) in [5.41, 5.74) is 0.247. The molecule has 0 aliphatic heterocycles. The Morgan fingerprint density at radius 1 is 1.37 bits per heavy atom. The Labute approximate surface area is 114 Å². The summed E-state index contributed by atoms with van der Waals surface area (Å²) in [5.74, 6) is -0.345. The molecule has 0 aliphatic rings. The Balaban J connectivity index is 2.15. The summed E-state index contributed by atoms with van der Waals surface area (Å²) in [6, 6.07) is 6.53. The van der Waals surface area contributed by atoms with Crippen molar-refractivity contribution in [1.29, 1.82) is 0 Å². The van der Waals surface area contributed by atoms with Gasteiger partial charge in [-0.25, -0.2) is 4.79 Å². The first-order valence-corrected chi connectivity index (χ1v) is 6.41. The second kappa shape index (κ2) is 8.50. The maximum atomic E-state index is 10.8. The largest absolute Gasteiger partial charge is 0.492 e. The van der Waals surface area contributed by atoms with Crippen LogP contribution in [0.25, 0.3) is 0 Å². The third-order valence-electron chi connectivity index (χ3n) is 2.59. The fraction of sp³-hybridized carbons (Fsp3) is 0.500. The van der Waals surface area contributed by atoms with E-state index in [1.54, 1.807) is 18.2 Å². The molecule has 0 unspecified atom stereocenters. The first kappa shape index (κ1) is 15.5. The van der Waals surface area contributed by atoms with E-state index in [1.165, 1.54) is 6.07 Å². The first-order valence-electron chi connectivity index (χ1n) is 6.41. The molecule has 0 aromatic heterocycles. The zero-order chi connectivity index (χ0) is 14.1. The number of benzene rings is 1. The van der Waals surface area contributed by atoms with E-state index < -0.39 is 5.97 Å². The number of carboxylic acid groups (broad SMARTS) is 1. The topological polar surface area (TPSA) is 61.8 Å². The molecule has 0 spiro atoms. The number of rotatable bonds is 9. The van der Waals surface area contributed by atoms with Gasteiger partial charge >= 0.3 is 5.97 Å². The van der Waals surface area contributed by atoms with Crippen molar-refractivity contribution in [3.05, 3.63) is 29.8 Å². The average Bonchev–Trinajstić information content (AvgIpc) is 2.37. The molecule has 19 heavy (non-hydrogen) atoms. The van der Waals surface area contributed by atoms with Crippen LogP contribution in [0.3, 0.4) is 0 Å². The van der Waals surface area contributed by atoms with Crippen molar-refractivity contribution < 1.29 is 14.6 Å². The molecule has 1 rings (SSSR count). The van der Waals surface area contributed by atoms with Gasteiger partial charge in [-0.2, -0.15) is 0 Å². The summed E-state index contributed by atoms with van der Waals surface area (Å²) >= 11 is 0. The van der Waals surface area contributed by atoms with Gasteiger partial charge in [0.25, 0.3) is 0 Å². The summed E-state index contributed by atoms with van der Waals surface area (Å²) in [7, 11) is 4.11. The van der Waals surface area contributed by atoms with Gasteiger partial charge in [-0.3, -0.25) is 0 Å². The van der Waals surface area contributed by atoms with Gasteiger partial charge in [0, 0.05) is 6.54 Å². The molecule has 5 nitrogen and oxygen atoms in total. The van der Waals surface area contributed by atoms with Gasteiger partial charge in [-0.05, 0) is 51.8 Å². The lowest BCUT2D eigenvalue weighted by Crippen LogP contribution is -2.25. The van der Waals surface area contributed by atoms with Crippen LogP contribution in [0.15, 0.2) is 24.3 Å². The van der Waals surface area contributed by atoms with Crippen molar-refractivity contribution in [3.63, 3.8) is 0 Å². The molecule has 0 heterocycles. The summed E-state index contributed by atoms with van der Waals surface area (Å²) in [6.07, 6.45) is 1.10. The van der Waals surface area contributed by atoms with E-state index in [1.807, 2.05) is 0 Å². The molecular formula is C14H22N2O3. The molecule has 0 radical (unpaired) electrons. The lowest BCUT2D eigenvalue weighted by atomic mass is 10.2. The van der Waals surface area contributed by atoms with Crippen LogP contribution in [-0.4, -0.2) is 56.3 Å². The SMILES string of the molecule is CN(C)CCCNCCOc1cccc(C(=O)O)c1. The van der Waals surface area contributed by atoms with E-state index in [2.05, 4.69) is 24.3 Å². The van der Waals surface area contributed by atoms with Crippen molar-refractivity contribution in [3.8, 4) is 5.75 Å². The minimum atomic E-state index is -0.938. The first-order chi connectivity index (χ1) is 9.09. The van der Waals surface area contributed by atoms with E-state index >= 15 is 0 Å². The molecule has 1 aromatic carbocycles. The predicted octanol–water partition coefficient (Wildman–Crippen LogP) is 1.30. The minimum absolute atomic E-state index is 0.247. The lowest BCUT2D eigenvalue weighted by molar-refractivity contribution is 0.0696. The van der Waals surface area contributed by atoms with E-state index in [-0.39, 0.29) is 5.56 Å². The number of hydrogen-bond acceptors (Lipinski definition) is 4. The highest BCUT2D eigenvalue weighted by Gasteiger charge is 2.03. The fourth-order valence-corrected chi connectivity index (χ4v) is 1.61. The summed E-state index contributed by atoms with van der Waals surface area (Å²) in [6.45, 7) is 3.31. The zero-order valence-electron chi connectivity index (χ0n) is 11.6. The van der Waals surface area contributed by atoms with Crippen molar-refractivity contribution in [1.82, 2.24) is 10.2 Å². The highest BCUT2D eigenvalue weighted by Crippen LogP contribution is 2.12. The Kier molecular flexibility index (Phi) is 6.92. The van der Waals surface area contributed by atoms with E-state index in [9.17, 15) is 4.79 Å². The highest BCUT2D eigenvalue weighted by atomic mass is 16.5. The van der Waals surface area contributed by atoms with Crippen LogP contribution in [0, 0.1) is 0 Å². The molecule has 0 atom stereocenters. The van der Waals surface area contributed by atoms with Gasteiger partial charge in [-0.15, -0.1) is 0 Å². The van der Waals surface area contributed by atoms with Gasteiger partial charge in [0.2, 0.25) is 0 Å². The molecular weight excluding hydrogens is 244 g/mol. The van der Waals surface area contributed by atoms with E-state index in [0.29, 0.717) is 12.4 Å². The number of nitrogens with one attached hydrogen (secondary N) is 1. The molecule has 1 aromatic rings. The van der Waals surface area contributed by atoms with Crippen molar-refractivity contribution >= 4 is 5.97 Å². The van der Waals surface area contributed by atoms with Gasteiger partial charge in [0.05, 0.1) is 5.56 Å². The number of hydrogen-bond donors (Lipinski definition) is 2. The number of nitrogens with zero attached hydrogens (tertiary/aromatic N) is 1. The highest BCUT2D eigenvalue weighted by molar-refractivity contribution is 5.87. The second-order valence-corrected chi connectivity index (χ2v) is 4.59. The standard InChI is InChI=1S/C14H22N2O3/c1-16(2)9-4-7-15-8-10-19-13-6-3-5-12(11-13)14(17)18/h3,5-6,11,15H,4,7-10H2,1-2H3,(H,17,18). The molecule has 0 fully saturated rings. The monoisotopic (exact) mass is 266 g/mol. The summed E-state index contributed by atoms with van der Waals surface area (Å²) < 4.78 is 5.49. The second-order valence-electron chi connectivity index (χ2n) is 4.59. The molecule has 0 saturated carbocycles. The maximum Gasteiger partial charge on any atom is 0.335 e. The van der Waals surface area contributed by atoms with Crippen LogP contribution in [0.1, 0.15) is 16.8 Å². The van der Waals surface area contributed by atoms with Crippen LogP contribution in [0.4, 0.5) is 0 Å². The fourth-order valence-electron chi connectivity index (χ4n) is 1.61. The molecule has 2 N–H and O–H groups in total. The quantitative estimate of drug-likeness (QED) is 0.660. The van der Waals surface area contributed by atoms with Crippen molar-refractivity contribution in [2.24, 2.45) is 0 Å². The summed E-state index contributed by atoms with van der Waals surface area (Å²) in [4.78, 5) is 12.9. The normalized spacial score (nSPS) is 10.7. The van der Waals surface area contributed by atoms with Crippen molar-refractivity contribution in [2.75, 3.05) is 40.3 Å². The summed E-state index contributed by atoms with van der Waals surface area (Å²) in [5, 5.41) is 12.1. The number of aromatic carboxylic acids is 1. The Hall–Kier alpha value is -1.59. The van der Waals surface area contributed by atoms with Gasteiger partial charge < -0.3 is 20.1 Å². The number of carboxylic acids is 1. The Morgan fingerprint density at radius 3 is 2.84 bits per heavy atom. The van der Waals surface area contributed by atoms with Crippen molar-refractivity contribution in [2.45, 2.75) is 6.42 Å². The average molecular weight is 266 g/mol. The van der Waals surface area contributed by atoms with Crippen LogP contribution in [-0.2, 0) is 0 Å². The minimum Gasteiger partial charge on any atom is -0.492 e. The number of ether oxygens (including phenoxy) is 1. The van der Waals surface area contributed by atoms with Crippen LogP contribution >= 0.6 is 0 Å². The zero-order valence-corrected chi connectivity index (χ0v) is 11.6. The molecule has 5 heteroatoms. The lowest BCUT2D eigenvalue weighted by Gasteiger charge is -2.10. The van der Waals surface area contributed by atoms with Gasteiger partial charge in [0.1, 0.15) is 12.4 Å². The maximum absolute atomic E-state index is 10.8. The third kappa shape index (κ3) is 6.79. The molecule has 0 aliphatic carbocycles. The molecule has 0 saturated heterocycles. The molecule has 0 bridgehead atoms. The van der Waals surface area contributed by atoms with E-state index in [0.717, 1.165) is 26.1 Å². The number of carbonyl (C=O) groups is 1. The van der Waals surface area contributed by atoms with Gasteiger partial charge in [0.15, 0.2) is 0 Å². The third-order valence-corrected chi connectivity index (χ3v) is 2.59. The van der Waals surface area contributed by atoms with E-state index in [4.69, 9.17) is 9.84 Å².